The Morgan fingerprint density at radius 1 is 1.12 bits per heavy atom. The fourth-order valence-electron chi connectivity index (χ4n) is 1.77. The summed E-state index contributed by atoms with van der Waals surface area (Å²) in [7, 11) is 0. The van der Waals surface area contributed by atoms with Crippen molar-refractivity contribution in [2.45, 2.75) is 59.1 Å². The lowest BCUT2D eigenvalue weighted by atomic mass is 9.84. The number of nitrogens with two attached hydrogens (primary N) is 1. The van der Waals surface area contributed by atoms with Crippen molar-refractivity contribution in [2.24, 2.45) is 5.73 Å². The maximum atomic E-state index is 5.94. The zero-order valence-electron chi connectivity index (χ0n) is 11.9. The summed E-state index contributed by atoms with van der Waals surface area (Å²) in [5.74, 6) is 0.969. The molecule has 0 amide bonds. The van der Waals surface area contributed by atoms with Gasteiger partial charge < -0.3 is 10.5 Å². The maximum absolute atomic E-state index is 5.94. The lowest BCUT2D eigenvalue weighted by molar-refractivity contribution is 0.236. The second kappa shape index (κ2) is 5.09. The first-order chi connectivity index (χ1) is 7.71. The topological polar surface area (TPSA) is 35.2 Å². The van der Waals surface area contributed by atoms with E-state index in [2.05, 4.69) is 32.9 Å². The summed E-state index contributed by atoms with van der Waals surface area (Å²) >= 11 is 0. The summed E-state index contributed by atoms with van der Waals surface area (Å²) in [6.45, 7) is 12.7. The highest BCUT2D eigenvalue weighted by Crippen LogP contribution is 2.33. The van der Waals surface area contributed by atoms with Gasteiger partial charge in [-0.05, 0) is 43.4 Å². The number of benzene rings is 1. The minimum absolute atomic E-state index is 0.0594. The van der Waals surface area contributed by atoms with Crippen LogP contribution in [-0.2, 0) is 5.41 Å². The summed E-state index contributed by atoms with van der Waals surface area (Å²) in [5, 5.41) is 0. The molecule has 0 spiro atoms. The van der Waals surface area contributed by atoms with Crippen LogP contribution in [0.15, 0.2) is 18.2 Å². The molecule has 0 aliphatic heterocycles. The van der Waals surface area contributed by atoms with Gasteiger partial charge in [0.05, 0.1) is 6.10 Å². The van der Waals surface area contributed by atoms with Gasteiger partial charge in [-0.2, -0.15) is 0 Å². The average molecular weight is 235 g/mol. The monoisotopic (exact) mass is 235 g/mol. The summed E-state index contributed by atoms with van der Waals surface area (Å²) < 4.78 is 5.87. The molecule has 96 valence electrons. The van der Waals surface area contributed by atoms with E-state index in [1.54, 1.807) is 0 Å². The zero-order valence-corrected chi connectivity index (χ0v) is 11.9. The Labute approximate surface area is 105 Å². The van der Waals surface area contributed by atoms with E-state index in [0.29, 0.717) is 0 Å². The molecular weight excluding hydrogens is 210 g/mol. The molecule has 0 saturated carbocycles. The highest BCUT2D eigenvalue weighted by Gasteiger charge is 2.20. The van der Waals surface area contributed by atoms with Gasteiger partial charge in [0.15, 0.2) is 0 Å². The highest BCUT2D eigenvalue weighted by molar-refractivity contribution is 5.42. The molecule has 0 aromatic heterocycles. The Morgan fingerprint density at radius 2 is 1.71 bits per heavy atom. The molecule has 0 aliphatic rings. The molecule has 1 aromatic carbocycles. The number of rotatable bonds is 3. The Kier molecular flexibility index (Phi) is 4.21. The molecule has 0 fully saturated rings. The molecule has 2 nitrogen and oxygen atoms in total. The first kappa shape index (κ1) is 14.0. The van der Waals surface area contributed by atoms with Crippen molar-refractivity contribution in [3.8, 4) is 5.75 Å². The van der Waals surface area contributed by atoms with Crippen molar-refractivity contribution in [1.82, 2.24) is 0 Å². The molecule has 17 heavy (non-hydrogen) atoms. The van der Waals surface area contributed by atoms with Crippen LogP contribution in [0.5, 0.6) is 5.75 Å². The number of hydrogen-bond acceptors (Lipinski definition) is 2. The van der Waals surface area contributed by atoms with Crippen molar-refractivity contribution in [3.63, 3.8) is 0 Å². The van der Waals surface area contributed by atoms with E-state index in [0.717, 1.165) is 11.3 Å². The van der Waals surface area contributed by atoms with Crippen molar-refractivity contribution in [3.05, 3.63) is 29.3 Å². The van der Waals surface area contributed by atoms with Crippen LogP contribution in [0.4, 0.5) is 0 Å². The lowest BCUT2D eigenvalue weighted by Gasteiger charge is -2.25. The van der Waals surface area contributed by atoms with Crippen LogP contribution in [0.1, 0.15) is 58.7 Å². The first-order valence-corrected chi connectivity index (χ1v) is 6.28. The van der Waals surface area contributed by atoms with Gasteiger partial charge in [0.1, 0.15) is 5.75 Å². The van der Waals surface area contributed by atoms with E-state index in [1.165, 1.54) is 5.56 Å². The predicted molar refractivity (Wildman–Crippen MR) is 73.5 cm³/mol. The first-order valence-electron chi connectivity index (χ1n) is 6.28. The van der Waals surface area contributed by atoms with Crippen LogP contribution in [0.25, 0.3) is 0 Å². The smallest absolute Gasteiger partial charge is 0.123 e. The van der Waals surface area contributed by atoms with Crippen LogP contribution in [0.2, 0.25) is 0 Å². The van der Waals surface area contributed by atoms with Gasteiger partial charge in [0, 0.05) is 6.04 Å². The Balaban J connectivity index is 3.22. The molecule has 2 N–H and O–H groups in total. The van der Waals surface area contributed by atoms with Gasteiger partial charge in [0.25, 0.3) is 0 Å². The standard InChI is InChI=1S/C15H25NO/c1-10(2)17-14-8-7-12(11(3)16)9-13(14)15(4,5)6/h7-11H,16H2,1-6H3. The van der Waals surface area contributed by atoms with Crippen LogP contribution in [0, 0.1) is 0 Å². The van der Waals surface area contributed by atoms with E-state index < -0.39 is 0 Å². The van der Waals surface area contributed by atoms with Crippen molar-refractivity contribution >= 4 is 0 Å². The molecular formula is C15H25NO. The summed E-state index contributed by atoms with van der Waals surface area (Å²) in [6.07, 6.45) is 0.192. The van der Waals surface area contributed by atoms with Gasteiger partial charge in [-0.25, -0.2) is 0 Å². The minimum atomic E-state index is 0.0594. The quantitative estimate of drug-likeness (QED) is 0.865. The normalized spacial score (nSPS) is 13.9. The molecule has 0 aliphatic carbocycles. The molecule has 1 atom stereocenters. The van der Waals surface area contributed by atoms with E-state index >= 15 is 0 Å². The third kappa shape index (κ3) is 3.74. The summed E-state index contributed by atoms with van der Waals surface area (Å²) in [5.41, 5.74) is 8.38. The molecule has 1 aromatic rings. The molecule has 0 saturated heterocycles. The minimum Gasteiger partial charge on any atom is -0.491 e. The summed E-state index contributed by atoms with van der Waals surface area (Å²) in [4.78, 5) is 0. The Morgan fingerprint density at radius 3 is 2.12 bits per heavy atom. The third-order valence-corrected chi connectivity index (χ3v) is 2.70. The van der Waals surface area contributed by atoms with Crippen molar-refractivity contribution in [2.75, 3.05) is 0 Å². The molecule has 0 bridgehead atoms. The van der Waals surface area contributed by atoms with E-state index in [-0.39, 0.29) is 17.6 Å². The van der Waals surface area contributed by atoms with Crippen LogP contribution in [-0.4, -0.2) is 6.10 Å². The van der Waals surface area contributed by atoms with Gasteiger partial charge in [0.2, 0.25) is 0 Å². The Bertz CT molecular complexity index is 375. The van der Waals surface area contributed by atoms with Crippen LogP contribution >= 0.6 is 0 Å². The fourth-order valence-corrected chi connectivity index (χ4v) is 1.77. The second-order valence-corrected chi connectivity index (χ2v) is 5.96. The van der Waals surface area contributed by atoms with Crippen LogP contribution < -0.4 is 10.5 Å². The summed E-state index contributed by atoms with van der Waals surface area (Å²) in [6, 6.07) is 6.32. The third-order valence-electron chi connectivity index (χ3n) is 2.70. The molecule has 0 radical (unpaired) electrons. The van der Waals surface area contributed by atoms with Gasteiger partial charge >= 0.3 is 0 Å². The lowest BCUT2D eigenvalue weighted by Crippen LogP contribution is -2.17. The van der Waals surface area contributed by atoms with Gasteiger partial charge in [-0.1, -0.05) is 32.9 Å². The van der Waals surface area contributed by atoms with Crippen LogP contribution in [0.3, 0.4) is 0 Å². The number of hydrogen-bond donors (Lipinski definition) is 1. The van der Waals surface area contributed by atoms with Gasteiger partial charge in [-0.15, -0.1) is 0 Å². The van der Waals surface area contributed by atoms with E-state index in [9.17, 15) is 0 Å². The predicted octanol–water partition coefficient (Wildman–Crippen LogP) is 3.79. The SMILES string of the molecule is CC(C)Oc1ccc(C(C)N)cc1C(C)(C)C. The average Bonchev–Trinajstić information content (AvgIpc) is 2.15. The molecule has 2 heteroatoms. The largest absolute Gasteiger partial charge is 0.491 e. The molecule has 1 rings (SSSR count). The molecule has 0 heterocycles. The van der Waals surface area contributed by atoms with Crippen molar-refractivity contribution < 1.29 is 4.74 Å². The maximum Gasteiger partial charge on any atom is 0.123 e. The number of ether oxygens (including phenoxy) is 1. The van der Waals surface area contributed by atoms with E-state index in [4.69, 9.17) is 10.5 Å². The molecule has 1 unspecified atom stereocenters. The van der Waals surface area contributed by atoms with Gasteiger partial charge in [-0.3, -0.25) is 0 Å². The second-order valence-electron chi connectivity index (χ2n) is 5.96. The fraction of sp³-hybridized carbons (Fsp3) is 0.600. The van der Waals surface area contributed by atoms with E-state index in [1.807, 2.05) is 26.8 Å². The van der Waals surface area contributed by atoms with Crippen molar-refractivity contribution in [1.29, 1.82) is 0 Å². The highest BCUT2D eigenvalue weighted by atomic mass is 16.5. The zero-order chi connectivity index (χ0) is 13.2. The Hall–Kier alpha value is -1.02.